The van der Waals surface area contributed by atoms with Crippen LogP contribution >= 0.6 is 22.9 Å². The minimum absolute atomic E-state index is 0.0363. The number of nitrogens with one attached hydrogen (secondary N) is 2. The molecule has 8 heteroatoms. The second kappa shape index (κ2) is 9.97. The molecule has 0 atom stereocenters. The van der Waals surface area contributed by atoms with Crippen molar-refractivity contribution in [2.45, 2.75) is 25.8 Å². The largest absolute Gasteiger partial charge is 0.338 e. The Morgan fingerprint density at radius 1 is 0.969 bits per heavy atom. The van der Waals surface area contributed by atoms with Gasteiger partial charge in [0.2, 0.25) is 11.8 Å². The van der Waals surface area contributed by atoms with Gasteiger partial charge in [-0.15, -0.1) is 11.3 Å². The van der Waals surface area contributed by atoms with Crippen LogP contribution in [0.3, 0.4) is 0 Å². The van der Waals surface area contributed by atoms with Gasteiger partial charge in [-0.25, -0.2) is 0 Å². The quantitative estimate of drug-likeness (QED) is 0.538. The standard InChI is InChI=1S/C24H22ClN3O3S/c25-17-5-7-18(8-6-17)26-24(31)19-3-1-2-4-20(19)27-22(29)9-10-23(30)28-13-11-21-16(15-28)12-14-32-21/h1-8,12,14H,9-11,13,15H2,(H,26,31)(H,27,29). The van der Waals surface area contributed by atoms with Crippen LogP contribution in [0.5, 0.6) is 0 Å². The Hall–Kier alpha value is -3.16. The van der Waals surface area contributed by atoms with Gasteiger partial charge in [-0.05, 0) is 59.8 Å². The van der Waals surface area contributed by atoms with Crippen LogP contribution < -0.4 is 10.6 Å². The smallest absolute Gasteiger partial charge is 0.257 e. The number of hydrogen-bond donors (Lipinski definition) is 2. The number of fused-ring (bicyclic) bond motifs is 1. The summed E-state index contributed by atoms with van der Waals surface area (Å²) in [5.41, 5.74) is 2.53. The number of hydrogen-bond acceptors (Lipinski definition) is 4. The molecule has 32 heavy (non-hydrogen) atoms. The maximum Gasteiger partial charge on any atom is 0.257 e. The third-order valence-electron chi connectivity index (χ3n) is 5.27. The number of thiophene rings is 1. The predicted molar refractivity (Wildman–Crippen MR) is 127 cm³/mol. The minimum atomic E-state index is -0.348. The lowest BCUT2D eigenvalue weighted by molar-refractivity contribution is -0.133. The molecule has 0 aliphatic carbocycles. The molecule has 1 aliphatic rings. The zero-order valence-electron chi connectivity index (χ0n) is 17.3. The summed E-state index contributed by atoms with van der Waals surface area (Å²) in [7, 11) is 0. The van der Waals surface area contributed by atoms with E-state index in [0.29, 0.717) is 35.1 Å². The SMILES string of the molecule is O=C(CCC(=O)N1CCc2sccc2C1)Nc1ccccc1C(=O)Nc1ccc(Cl)cc1. The maximum atomic E-state index is 12.7. The van der Waals surface area contributed by atoms with Crippen molar-refractivity contribution < 1.29 is 14.4 Å². The molecular formula is C24H22ClN3O3S. The summed E-state index contributed by atoms with van der Waals surface area (Å²) >= 11 is 7.60. The van der Waals surface area contributed by atoms with Crippen molar-refractivity contribution in [1.82, 2.24) is 4.90 Å². The van der Waals surface area contributed by atoms with Gasteiger partial charge in [0, 0.05) is 41.5 Å². The molecule has 1 aliphatic heterocycles. The van der Waals surface area contributed by atoms with Gasteiger partial charge in [0.15, 0.2) is 0 Å². The predicted octanol–water partition coefficient (Wildman–Crippen LogP) is 4.96. The summed E-state index contributed by atoms with van der Waals surface area (Å²) in [5, 5.41) is 8.18. The normalized spacial score (nSPS) is 12.7. The fourth-order valence-corrected chi connectivity index (χ4v) is 4.59. The van der Waals surface area contributed by atoms with Crippen LogP contribution in [0.25, 0.3) is 0 Å². The molecule has 0 radical (unpaired) electrons. The summed E-state index contributed by atoms with van der Waals surface area (Å²) in [6.45, 7) is 1.29. The number of anilines is 2. The first-order valence-electron chi connectivity index (χ1n) is 10.3. The van der Waals surface area contributed by atoms with Crippen molar-refractivity contribution in [2.75, 3.05) is 17.2 Å². The van der Waals surface area contributed by atoms with Crippen molar-refractivity contribution in [3.63, 3.8) is 0 Å². The lowest BCUT2D eigenvalue weighted by atomic mass is 10.1. The van der Waals surface area contributed by atoms with E-state index in [1.807, 2.05) is 5.38 Å². The van der Waals surface area contributed by atoms with E-state index in [1.54, 1.807) is 64.8 Å². The number of rotatable bonds is 6. The molecule has 0 spiro atoms. The summed E-state index contributed by atoms with van der Waals surface area (Å²) in [6, 6.07) is 15.6. The minimum Gasteiger partial charge on any atom is -0.338 e. The van der Waals surface area contributed by atoms with Gasteiger partial charge >= 0.3 is 0 Å². The number of halogens is 1. The highest BCUT2D eigenvalue weighted by atomic mass is 35.5. The Bertz CT molecular complexity index is 1140. The average Bonchev–Trinajstić information content (AvgIpc) is 3.27. The Morgan fingerprint density at radius 2 is 1.75 bits per heavy atom. The zero-order chi connectivity index (χ0) is 22.5. The number of benzene rings is 2. The van der Waals surface area contributed by atoms with Crippen molar-refractivity contribution >= 4 is 52.0 Å². The molecule has 1 aromatic heterocycles. The average molecular weight is 468 g/mol. The highest BCUT2D eigenvalue weighted by molar-refractivity contribution is 7.10. The molecular weight excluding hydrogens is 446 g/mol. The summed E-state index contributed by atoms with van der Waals surface area (Å²) in [4.78, 5) is 40.9. The molecule has 164 valence electrons. The van der Waals surface area contributed by atoms with Gasteiger partial charge in [-0.2, -0.15) is 0 Å². The topological polar surface area (TPSA) is 78.5 Å². The highest BCUT2D eigenvalue weighted by Gasteiger charge is 2.22. The van der Waals surface area contributed by atoms with Crippen LogP contribution in [0.2, 0.25) is 5.02 Å². The number of nitrogens with zero attached hydrogens (tertiary/aromatic N) is 1. The van der Waals surface area contributed by atoms with Crippen LogP contribution in [0.1, 0.15) is 33.6 Å². The molecule has 0 fully saturated rings. The molecule has 0 bridgehead atoms. The lowest BCUT2D eigenvalue weighted by Crippen LogP contribution is -2.35. The van der Waals surface area contributed by atoms with Gasteiger partial charge in [0.05, 0.1) is 11.3 Å². The van der Waals surface area contributed by atoms with Crippen molar-refractivity contribution in [3.05, 3.63) is 81.0 Å². The van der Waals surface area contributed by atoms with E-state index in [1.165, 1.54) is 10.4 Å². The maximum absolute atomic E-state index is 12.7. The van der Waals surface area contributed by atoms with Crippen LogP contribution in [-0.2, 0) is 22.6 Å². The van der Waals surface area contributed by atoms with Crippen LogP contribution in [0, 0.1) is 0 Å². The third kappa shape index (κ3) is 5.36. The monoisotopic (exact) mass is 467 g/mol. The fourth-order valence-electron chi connectivity index (χ4n) is 3.57. The van der Waals surface area contributed by atoms with E-state index in [2.05, 4.69) is 16.7 Å². The Labute approximate surface area is 195 Å². The molecule has 0 saturated carbocycles. The molecule has 3 amide bonds. The van der Waals surface area contributed by atoms with E-state index in [4.69, 9.17) is 11.6 Å². The van der Waals surface area contributed by atoms with Gasteiger partial charge in [0.25, 0.3) is 5.91 Å². The first-order valence-corrected chi connectivity index (χ1v) is 11.5. The lowest BCUT2D eigenvalue weighted by Gasteiger charge is -2.27. The highest BCUT2D eigenvalue weighted by Crippen LogP contribution is 2.25. The fraction of sp³-hybridized carbons (Fsp3) is 0.208. The molecule has 2 N–H and O–H groups in total. The first-order chi connectivity index (χ1) is 15.5. The van der Waals surface area contributed by atoms with E-state index in [0.717, 1.165) is 6.42 Å². The van der Waals surface area contributed by atoms with Crippen molar-refractivity contribution in [1.29, 1.82) is 0 Å². The van der Waals surface area contributed by atoms with E-state index in [-0.39, 0.29) is 30.6 Å². The summed E-state index contributed by atoms with van der Waals surface area (Å²) < 4.78 is 0. The van der Waals surface area contributed by atoms with Gasteiger partial charge in [-0.3, -0.25) is 14.4 Å². The molecule has 0 unspecified atom stereocenters. The number of carbonyl (C=O) groups excluding carboxylic acids is 3. The molecule has 2 aromatic carbocycles. The third-order valence-corrected chi connectivity index (χ3v) is 6.55. The van der Waals surface area contributed by atoms with Crippen LogP contribution in [0.4, 0.5) is 11.4 Å². The molecule has 4 rings (SSSR count). The first kappa shape index (κ1) is 22.0. The molecule has 2 heterocycles. The molecule has 3 aromatic rings. The van der Waals surface area contributed by atoms with Gasteiger partial charge in [0.1, 0.15) is 0 Å². The number of para-hydroxylation sites is 1. The summed E-state index contributed by atoms with van der Waals surface area (Å²) in [6.07, 6.45) is 1.05. The Balaban J connectivity index is 1.33. The Morgan fingerprint density at radius 3 is 2.56 bits per heavy atom. The summed E-state index contributed by atoms with van der Waals surface area (Å²) in [5.74, 6) is -0.691. The molecule has 6 nitrogen and oxygen atoms in total. The van der Waals surface area contributed by atoms with E-state index >= 15 is 0 Å². The van der Waals surface area contributed by atoms with Crippen LogP contribution in [0.15, 0.2) is 60.0 Å². The number of amides is 3. The van der Waals surface area contributed by atoms with Crippen molar-refractivity contribution in [3.8, 4) is 0 Å². The Kier molecular flexibility index (Phi) is 6.87. The van der Waals surface area contributed by atoms with Crippen molar-refractivity contribution in [2.24, 2.45) is 0 Å². The van der Waals surface area contributed by atoms with E-state index in [9.17, 15) is 14.4 Å². The van der Waals surface area contributed by atoms with E-state index < -0.39 is 0 Å². The second-order valence-electron chi connectivity index (χ2n) is 7.49. The van der Waals surface area contributed by atoms with Gasteiger partial charge in [-0.1, -0.05) is 23.7 Å². The zero-order valence-corrected chi connectivity index (χ0v) is 18.8. The second-order valence-corrected chi connectivity index (χ2v) is 8.93. The molecule has 0 saturated heterocycles. The number of carbonyl (C=O) groups is 3. The van der Waals surface area contributed by atoms with Gasteiger partial charge < -0.3 is 15.5 Å². The van der Waals surface area contributed by atoms with Crippen LogP contribution in [-0.4, -0.2) is 29.2 Å².